The first-order valence-corrected chi connectivity index (χ1v) is 11.1. The van der Waals surface area contributed by atoms with Gasteiger partial charge in [0.15, 0.2) is 11.0 Å². The van der Waals surface area contributed by atoms with E-state index in [9.17, 15) is 14.1 Å². The normalized spacial score (nSPS) is 12.2. The molecule has 145 valence electrons. The van der Waals surface area contributed by atoms with Crippen LogP contribution in [0.3, 0.4) is 0 Å². The summed E-state index contributed by atoms with van der Waals surface area (Å²) in [6.45, 7) is 5.23. The number of hydrogen-bond acceptors (Lipinski definition) is 6. The van der Waals surface area contributed by atoms with E-state index in [2.05, 4.69) is 28.0 Å². The Bertz CT molecular complexity index is 812. The first-order valence-electron chi connectivity index (χ1n) is 7.72. The molecule has 1 unspecified atom stereocenters. The zero-order valence-corrected chi connectivity index (χ0v) is 21.9. The van der Waals surface area contributed by atoms with Crippen LogP contribution in [-0.2, 0) is 16.6 Å². The van der Waals surface area contributed by atoms with Gasteiger partial charge in [-0.2, -0.15) is 0 Å². The number of carbonyl (C=O) groups excluding carboxylic acids is 1. The number of nitrogens with zero attached hydrogens (tertiary/aromatic N) is 1. The third-order valence-electron chi connectivity index (χ3n) is 3.11. The molecule has 0 aromatic carbocycles. The molecule has 0 fully saturated rings. The zero-order chi connectivity index (χ0) is 19.3. The van der Waals surface area contributed by atoms with Crippen LogP contribution in [0, 0.1) is 47.4 Å². The summed E-state index contributed by atoms with van der Waals surface area (Å²) in [6.07, 6.45) is 4.09. The van der Waals surface area contributed by atoms with Crippen molar-refractivity contribution in [2.45, 2.75) is 41.9 Å². The molecule has 6 nitrogen and oxygen atoms in total. The van der Waals surface area contributed by atoms with Crippen LogP contribution < -0.4 is 10.0 Å². The second-order valence-electron chi connectivity index (χ2n) is 5.78. The van der Waals surface area contributed by atoms with Gasteiger partial charge in [-0.25, -0.2) is 26.8 Å². The molecule has 0 spiro atoms. The molecule has 0 aliphatic rings. The maximum atomic E-state index is 12.4. The van der Waals surface area contributed by atoms with E-state index in [0.29, 0.717) is 19.8 Å². The number of halogens is 1. The van der Waals surface area contributed by atoms with Crippen LogP contribution in [0.15, 0.2) is 27.6 Å². The van der Waals surface area contributed by atoms with Gasteiger partial charge in [-0.1, -0.05) is 24.7 Å². The summed E-state index contributed by atoms with van der Waals surface area (Å²) < 4.78 is 15.4. The molecule has 0 aliphatic heterocycles. The molecule has 2 heterocycles. The van der Waals surface area contributed by atoms with E-state index in [1.807, 2.05) is 0 Å². The molecule has 2 rings (SSSR count). The van der Waals surface area contributed by atoms with Gasteiger partial charge in [-0.15, -0.1) is 21.9 Å². The molecule has 0 saturated carbocycles. The molecule has 0 saturated heterocycles. The van der Waals surface area contributed by atoms with E-state index in [1.165, 1.54) is 12.3 Å². The van der Waals surface area contributed by atoms with E-state index in [0.717, 1.165) is 28.4 Å². The molecular formula is C16H19ClN3O3PrS3-. The summed E-state index contributed by atoms with van der Waals surface area (Å²) in [4.78, 5) is 17.0. The predicted molar refractivity (Wildman–Crippen MR) is 107 cm³/mol. The maximum Gasteiger partial charge on any atom is 0.328 e. The minimum Gasteiger partial charge on any atom is -0.386 e. The Hall–Kier alpha value is 0.234. The minimum absolute atomic E-state index is 0. The number of carbonyl (C=O) groups is 1. The molecule has 0 bridgehead atoms. The number of aliphatic hydroxyl groups is 1. The summed E-state index contributed by atoms with van der Waals surface area (Å²) >= 11 is 8.70. The Balaban J connectivity index is 0.00000364. The standard InChI is InChI=1S/C16H19ClN3O3S3.Pr/c1-4-7-24-12-9-18-6-5-11(12)19-15(21)20-26(23)13-8-10(14(17)25-13)16(2,3)22;/h6,8-9,22H,4,7H2,1-3H3,(H2,18,19,20,21);/q-1;. The van der Waals surface area contributed by atoms with Gasteiger partial charge in [0.25, 0.3) is 0 Å². The van der Waals surface area contributed by atoms with Crippen molar-refractivity contribution in [3.05, 3.63) is 34.4 Å². The fraction of sp³-hybridized carbons (Fsp3) is 0.375. The fourth-order valence-electron chi connectivity index (χ4n) is 1.89. The summed E-state index contributed by atoms with van der Waals surface area (Å²) in [7, 11) is -1.80. The summed E-state index contributed by atoms with van der Waals surface area (Å²) in [6, 6.07) is 3.77. The molecule has 2 amide bonds. The first kappa shape index (κ1) is 25.3. The van der Waals surface area contributed by atoms with E-state index in [1.54, 1.807) is 31.8 Å². The number of rotatable bonds is 7. The van der Waals surface area contributed by atoms with Crippen molar-refractivity contribution in [2.75, 3.05) is 11.1 Å². The first-order chi connectivity index (χ1) is 12.2. The zero-order valence-electron chi connectivity index (χ0n) is 15.0. The number of urea groups is 1. The van der Waals surface area contributed by atoms with Gasteiger partial charge in [-0.3, -0.25) is 4.72 Å². The van der Waals surface area contributed by atoms with E-state index in [-0.39, 0.29) is 41.3 Å². The largest absolute Gasteiger partial charge is 0.386 e. The van der Waals surface area contributed by atoms with Crippen LogP contribution in [0.4, 0.5) is 10.5 Å². The van der Waals surface area contributed by atoms with Gasteiger partial charge in [0, 0.05) is 46.9 Å². The van der Waals surface area contributed by atoms with Crippen molar-refractivity contribution < 1.29 is 55.4 Å². The number of thioether (sulfide) groups is 1. The van der Waals surface area contributed by atoms with Crippen LogP contribution in [0.1, 0.15) is 32.8 Å². The number of thiophene rings is 1. The second kappa shape index (κ2) is 11.4. The molecule has 11 heteroatoms. The summed E-state index contributed by atoms with van der Waals surface area (Å²) in [5, 5.41) is 12.7. The molecule has 27 heavy (non-hydrogen) atoms. The Labute approximate surface area is 207 Å². The van der Waals surface area contributed by atoms with E-state index in [4.69, 9.17) is 11.6 Å². The van der Waals surface area contributed by atoms with E-state index >= 15 is 0 Å². The monoisotopic (exact) mass is 573 g/mol. The van der Waals surface area contributed by atoms with Crippen LogP contribution in [0.25, 0.3) is 0 Å². The molecule has 0 aliphatic carbocycles. The van der Waals surface area contributed by atoms with Gasteiger partial charge in [0.1, 0.15) is 8.55 Å². The SMILES string of the molecule is CCCSc1cnc[c-]c1NC(=O)NS(=O)c1cc(C(C)(C)O)c(Cl)s1.[Pr]. The summed E-state index contributed by atoms with van der Waals surface area (Å²) in [5.41, 5.74) is -0.208. The molecule has 1 radical (unpaired) electrons. The quantitative estimate of drug-likeness (QED) is 0.342. The molecule has 2 aromatic heterocycles. The van der Waals surface area contributed by atoms with Crippen molar-refractivity contribution in [3.8, 4) is 0 Å². The van der Waals surface area contributed by atoms with Crippen LogP contribution in [0.2, 0.25) is 4.34 Å². The van der Waals surface area contributed by atoms with Crippen molar-refractivity contribution in [1.82, 2.24) is 9.71 Å². The number of anilines is 1. The fourth-order valence-corrected chi connectivity index (χ4v) is 5.37. The maximum absolute atomic E-state index is 12.4. The van der Waals surface area contributed by atoms with Crippen LogP contribution >= 0.6 is 34.7 Å². The third-order valence-corrected chi connectivity index (χ3v) is 7.06. The van der Waals surface area contributed by atoms with Crippen molar-refractivity contribution in [2.24, 2.45) is 0 Å². The smallest absolute Gasteiger partial charge is 0.328 e. The average Bonchev–Trinajstić information content (AvgIpc) is 2.96. The predicted octanol–water partition coefficient (Wildman–Crippen LogP) is 4.17. The van der Waals surface area contributed by atoms with Crippen molar-refractivity contribution >= 4 is 57.4 Å². The Morgan fingerprint density at radius 2 is 2.22 bits per heavy atom. The Morgan fingerprint density at radius 3 is 2.81 bits per heavy atom. The molecule has 1 atom stereocenters. The molecule has 3 N–H and O–H groups in total. The topological polar surface area (TPSA) is 91.3 Å². The Morgan fingerprint density at radius 1 is 1.52 bits per heavy atom. The second-order valence-corrected chi connectivity index (χ2v) is 10.0. The average molecular weight is 574 g/mol. The van der Waals surface area contributed by atoms with Crippen molar-refractivity contribution in [1.29, 1.82) is 0 Å². The van der Waals surface area contributed by atoms with Gasteiger partial charge >= 0.3 is 6.03 Å². The van der Waals surface area contributed by atoms with E-state index < -0.39 is 22.6 Å². The number of amides is 2. The number of pyridine rings is 1. The number of aromatic nitrogens is 1. The number of nitrogens with one attached hydrogen (secondary N) is 2. The van der Waals surface area contributed by atoms with Gasteiger partial charge in [0.05, 0.1) is 5.60 Å². The molecule has 2 aromatic rings. The van der Waals surface area contributed by atoms with Gasteiger partial charge in [0.2, 0.25) is 0 Å². The van der Waals surface area contributed by atoms with Gasteiger partial charge in [-0.05, 0) is 38.3 Å². The summed E-state index contributed by atoms with van der Waals surface area (Å²) in [5.74, 6) is 0.884. The number of hydrogen-bond donors (Lipinski definition) is 3. The Kier molecular flexibility index (Phi) is 10.7. The van der Waals surface area contributed by atoms with Gasteiger partial charge < -0.3 is 15.4 Å². The molecular weight excluding hydrogens is 555 g/mol. The van der Waals surface area contributed by atoms with Crippen LogP contribution in [0.5, 0.6) is 0 Å². The van der Waals surface area contributed by atoms with Crippen LogP contribution in [-0.4, -0.2) is 26.1 Å². The minimum atomic E-state index is -1.80. The van der Waals surface area contributed by atoms with Crippen molar-refractivity contribution in [3.63, 3.8) is 0 Å². The third kappa shape index (κ3) is 7.53.